The van der Waals surface area contributed by atoms with Crippen LogP contribution in [0.15, 0.2) is 30.3 Å². The second-order valence-corrected chi connectivity index (χ2v) is 4.47. The third kappa shape index (κ3) is 4.11. The van der Waals surface area contributed by atoms with Crippen LogP contribution in [0, 0.1) is 0 Å². The molecule has 1 aromatic rings. The Morgan fingerprint density at radius 1 is 1.24 bits per heavy atom. The number of benzene rings is 1. The fraction of sp³-hybridized carbons (Fsp3) is 0.571. The Morgan fingerprint density at radius 2 is 1.88 bits per heavy atom. The molecule has 1 aromatic carbocycles. The molecule has 2 unspecified atom stereocenters. The highest BCUT2D eigenvalue weighted by molar-refractivity contribution is 5.20. The normalized spacial score (nSPS) is 14.9. The van der Waals surface area contributed by atoms with Gasteiger partial charge in [-0.1, -0.05) is 37.3 Å². The Kier molecular flexibility index (Phi) is 6.19. The maximum Gasteiger partial charge on any atom is 0.0558 e. The van der Waals surface area contributed by atoms with Gasteiger partial charge in [0.15, 0.2) is 0 Å². The van der Waals surface area contributed by atoms with E-state index in [-0.39, 0.29) is 18.7 Å². The van der Waals surface area contributed by atoms with E-state index in [0.29, 0.717) is 6.54 Å². The van der Waals surface area contributed by atoms with Crippen molar-refractivity contribution in [3.8, 4) is 0 Å². The van der Waals surface area contributed by atoms with Crippen LogP contribution in [-0.2, 0) is 0 Å². The molecule has 3 heteroatoms. The molecule has 96 valence electrons. The summed E-state index contributed by atoms with van der Waals surface area (Å²) in [5.74, 6) is 0. The number of aliphatic hydroxyl groups is 1. The van der Waals surface area contributed by atoms with Crippen molar-refractivity contribution in [3.63, 3.8) is 0 Å². The minimum atomic E-state index is 0.0514. The van der Waals surface area contributed by atoms with Crippen molar-refractivity contribution in [2.75, 3.05) is 19.7 Å². The molecule has 0 bridgehead atoms. The van der Waals surface area contributed by atoms with E-state index in [9.17, 15) is 0 Å². The molecule has 0 amide bonds. The van der Waals surface area contributed by atoms with Gasteiger partial charge in [0.1, 0.15) is 0 Å². The van der Waals surface area contributed by atoms with Crippen LogP contribution < -0.4 is 5.73 Å². The first-order valence-corrected chi connectivity index (χ1v) is 6.36. The average Bonchev–Trinajstić information content (AvgIpc) is 2.31. The summed E-state index contributed by atoms with van der Waals surface area (Å²) in [5.41, 5.74) is 7.33. The van der Waals surface area contributed by atoms with Gasteiger partial charge >= 0.3 is 0 Å². The Labute approximate surface area is 104 Å². The molecule has 0 aliphatic carbocycles. The zero-order valence-electron chi connectivity index (χ0n) is 10.8. The molecule has 2 atom stereocenters. The first kappa shape index (κ1) is 14.2. The quantitative estimate of drug-likeness (QED) is 0.758. The van der Waals surface area contributed by atoms with Crippen LogP contribution in [0.25, 0.3) is 0 Å². The predicted octanol–water partition coefficient (Wildman–Crippen LogP) is 1.78. The molecule has 0 saturated carbocycles. The summed E-state index contributed by atoms with van der Waals surface area (Å²) in [6.07, 6.45) is 1.07. The van der Waals surface area contributed by atoms with Crippen molar-refractivity contribution in [2.24, 2.45) is 5.73 Å². The minimum absolute atomic E-state index is 0.0514. The molecule has 0 heterocycles. The number of nitrogens with zero attached hydrogens (tertiary/aromatic N) is 1. The SMILES string of the molecule is CCCN(CCO)C(c1ccccc1)C(C)N. The van der Waals surface area contributed by atoms with E-state index in [0.717, 1.165) is 13.0 Å². The Morgan fingerprint density at radius 3 is 2.35 bits per heavy atom. The molecule has 3 nitrogen and oxygen atoms in total. The Bertz CT molecular complexity index is 294. The Hall–Kier alpha value is -0.900. The lowest BCUT2D eigenvalue weighted by Gasteiger charge is -2.34. The summed E-state index contributed by atoms with van der Waals surface area (Å²) in [7, 11) is 0. The second-order valence-electron chi connectivity index (χ2n) is 4.47. The average molecular weight is 236 g/mol. The van der Waals surface area contributed by atoms with Crippen LogP contribution in [-0.4, -0.2) is 35.7 Å². The zero-order chi connectivity index (χ0) is 12.7. The number of hydrogen-bond donors (Lipinski definition) is 2. The van der Waals surface area contributed by atoms with E-state index >= 15 is 0 Å². The smallest absolute Gasteiger partial charge is 0.0558 e. The number of aliphatic hydroxyl groups excluding tert-OH is 1. The third-order valence-electron chi connectivity index (χ3n) is 2.93. The van der Waals surface area contributed by atoms with Gasteiger partial charge in [0, 0.05) is 18.6 Å². The van der Waals surface area contributed by atoms with Crippen molar-refractivity contribution < 1.29 is 5.11 Å². The fourth-order valence-corrected chi connectivity index (χ4v) is 2.30. The van der Waals surface area contributed by atoms with Crippen molar-refractivity contribution in [2.45, 2.75) is 32.4 Å². The molecule has 0 aliphatic heterocycles. The fourth-order valence-electron chi connectivity index (χ4n) is 2.30. The van der Waals surface area contributed by atoms with E-state index in [2.05, 4.69) is 24.0 Å². The summed E-state index contributed by atoms with van der Waals surface area (Å²) >= 11 is 0. The van der Waals surface area contributed by atoms with E-state index < -0.39 is 0 Å². The minimum Gasteiger partial charge on any atom is -0.395 e. The monoisotopic (exact) mass is 236 g/mol. The maximum absolute atomic E-state index is 9.16. The molecule has 0 aliphatic rings. The summed E-state index contributed by atoms with van der Waals surface area (Å²) < 4.78 is 0. The van der Waals surface area contributed by atoms with Crippen LogP contribution in [0.4, 0.5) is 0 Å². The van der Waals surface area contributed by atoms with E-state index in [1.54, 1.807) is 0 Å². The van der Waals surface area contributed by atoms with Gasteiger partial charge < -0.3 is 10.8 Å². The molecule has 0 radical (unpaired) electrons. The highest BCUT2D eigenvalue weighted by Gasteiger charge is 2.22. The topological polar surface area (TPSA) is 49.5 Å². The lowest BCUT2D eigenvalue weighted by Crippen LogP contribution is -2.41. The van der Waals surface area contributed by atoms with Gasteiger partial charge in [-0.3, -0.25) is 4.90 Å². The first-order chi connectivity index (χ1) is 8.20. The van der Waals surface area contributed by atoms with Gasteiger partial charge in [-0.25, -0.2) is 0 Å². The van der Waals surface area contributed by atoms with Crippen LogP contribution in [0.1, 0.15) is 31.9 Å². The van der Waals surface area contributed by atoms with Gasteiger partial charge in [0.05, 0.1) is 6.61 Å². The highest BCUT2D eigenvalue weighted by Crippen LogP contribution is 2.23. The lowest BCUT2D eigenvalue weighted by atomic mass is 9.99. The molecule has 0 aromatic heterocycles. The van der Waals surface area contributed by atoms with Gasteiger partial charge in [-0.2, -0.15) is 0 Å². The third-order valence-corrected chi connectivity index (χ3v) is 2.93. The van der Waals surface area contributed by atoms with Crippen molar-refractivity contribution in [1.82, 2.24) is 4.90 Å². The zero-order valence-corrected chi connectivity index (χ0v) is 10.8. The van der Waals surface area contributed by atoms with Crippen molar-refractivity contribution >= 4 is 0 Å². The molecular formula is C14H24N2O. The molecular weight excluding hydrogens is 212 g/mol. The lowest BCUT2D eigenvalue weighted by molar-refractivity contribution is 0.137. The number of hydrogen-bond acceptors (Lipinski definition) is 3. The van der Waals surface area contributed by atoms with Crippen LogP contribution >= 0.6 is 0 Å². The molecule has 17 heavy (non-hydrogen) atoms. The summed E-state index contributed by atoms with van der Waals surface area (Å²) in [6.45, 7) is 5.98. The molecule has 0 fully saturated rings. The molecule has 0 saturated heterocycles. The second kappa shape index (κ2) is 7.43. The molecule has 3 N–H and O–H groups in total. The predicted molar refractivity (Wildman–Crippen MR) is 71.8 cm³/mol. The maximum atomic E-state index is 9.16. The summed E-state index contributed by atoms with van der Waals surface area (Å²) in [5, 5.41) is 9.16. The van der Waals surface area contributed by atoms with Crippen molar-refractivity contribution in [3.05, 3.63) is 35.9 Å². The molecule has 1 rings (SSSR count). The van der Waals surface area contributed by atoms with Gasteiger partial charge in [-0.15, -0.1) is 0 Å². The van der Waals surface area contributed by atoms with Gasteiger partial charge in [-0.05, 0) is 25.5 Å². The van der Waals surface area contributed by atoms with Crippen LogP contribution in [0.2, 0.25) is 0 Å². The Balaban J connectivity index is 2.90. The standard InChI is InChI=1S/C14H24N2O/c1-3-9-16(10-11-17)14(12(2)15)13-7-5-4-6-8-13/h4-8,12,14,17H,3,9-11,15H2,1-2H3. The summed E-state index contributed by atoms with van der Waals surface area (Å²) in [6, 6.07) is 10.5. The first-order valence-electron chi connectivity index (χ1n) is 6.36. The number of nitrogens with two attached hydrogens (primary N) is 1. The molecule has 0 spiro atoms. The van der Waals surface area contributed by atoms with Crippen molar-refractivity contribution in [1.29, 1.82) is 0 Å². The summed E-state index contributed by atoms with van der Waals surface area (Å²) in [4.78, 5) is 2.26. The van der Waals surface area contributed by atoms with E-state index in [1.165, 1.54) is 5.56 Å². The van der Waals surface area contributed by atoms with E-state index in [4.69, 9.17) is 10.8 Å². The van der Waals surface area contributed by atoms with Gasteiger partial charge in [0.25, 0.3) is 0 Å². The number of rotatable bonds is 7. The van der Waals surface area contributed by atoms with E-state index in [1.807, 2.05) is 25.1 Å². The van der Waals surface area contributed by atoms with Gasteiger partial charge in [0.2, 0.25) is 0 Å². The highest BCUT2D eigenvalue weighted by atomic mass is 16.3. The largest absolute Gasteiger partial charge is 0.395 e. The van der Waals surface area contributed by atoms with Crippen LogP contribution in [0.5, 0.6) is 0 Å². The van der Waals surface area contributed by atoms with Crippen LogP contribution in [0.3, 0.4) is 0 Å².